The van der Waals surface area contributed by atoms with Crippen molar-refractivity contribution in [2.24, 2.45) is 0 Å². The largest absolute Gasteiger partial charge is 0.465 e. The van der Waals surface area contributed by atoms with E-state index in [1.54, 1.807) is 0 Å². The predicted octanol–water partition coefficient (Wildman–Crippen LogP) is 3.68. The lowest BCUT2D eigenvalue weighted by molar-refractivity contribution is 0.0600. The van der Waals surface area contributed by atoms with Gasteiger partial charge >= 0.3 is 5.97 Å². The molecule has 0 radical (unpaired) electrons. The van der Waals surface area contributed by atoms with Gasteiger partial charge in [0.2, 0.25) is 0 Å². The molecule has 0 spiro atoms. The normalized spacial score (nSPS) is 15.5. The van der Waals surface area contributed by atoms with Crippen LogP contribution < -0.4 is 10.2 Å². The van der Waals surface area contributed by atoms with Crippen molar-refractivity contribution in [1.82, 2.24) is 0 Å². The van der Waals surface area contributed by atoms with E-state index in [9.17, 15) is 4.79 Å². The zero-order chi connectivity index (χ0) is 16.4. The standard InChI is InChI=1S/C19H22N2O2/c1-19(2)13-21(17-7-5-4-6-16(17)20-19)12-14-8-10-15(11-9-14)18(22)23-3/h4-11,20H,12-13H2,1-3H3. The van der Waals surface area contributed by atoms with Gasteiger partial charge in [0, 0.05) is 18.6 Å². The maximum Gasteiger partial charge on any atom is 0.337 e. The number of anilines is 2. The van der Waals surface area contributed by atoms with Crippen molar-refractivity contribution in [1.29, 1.82) is 0 Å². The molecule has 0 aliphatic carbocycles. The van der Waals surface area contributed by atoms with Crippen LogP contribution in [0.2, 0.25) is 0 Å². The summed E-state index contributed by atoms with van der Waals surface area (Å²) in [6.45, 7) is 6.14. The lowest BCUT2D eigenvalue weighted by atomic mass is 9.98. The van der Waals surface area contributed by atoms with Gasteiger partial charge in [0.25, 0.3) is 0 Å². The zero-order valence-electron chi connectivity index (χ0n) is 13.8. The van der Waals surface area contributed by atoms with E-state index in [1.165, 1.54) is 18.4 Å². The lowest BCUT2D eigenvalue weighted by Crippen LogP contribution is -2.48. The molecule has 0 amide bonds. The van der Waals surface area contributed by atoms with Crippen LogP contribution in [0.1, 0.15) is 29.8 Å². The number of carbonyl (C=O) groups is 1. The minimum absolute atomic E-state index is 0.0142. The minimum Gasteiger partial charge on any atom is -0.465 e. The first-order valence-electron chi connectivity index (χ1n) is 7.78. The number of nitrogens with one attached hydrogen (secondary N) is 1. The van der Waals surface area contributed by atoms with E-state index >= 15 is 0 Å². The molecule has 3 rings (SSSR count). The van der Waals surface area contributed by atoms with E-state index in [1.807, 2.05) is 24.3 Å². The number of carbonyl (C=O) groups excluding carboxylic acids is 1. The van der Waals surface area contributed by atoms with E-state index in [-0.39, 0.29) is 11.5 Å². The Morgan fingerprint density at radius 2 is 1.87 bits per heavy atom. The monoisotopic (exact) mass is 310 g/mol. The van der Waals surface area contributed by atoms with Crippen LogP contribution in [0.4, 0.5) is 11.4 Å². The fraction of sp³-hybridized carbons (Fsp3) is 0.316. The Bertz CT molecular complexity index is 708. The molecule has 0 unspecified atom stereocenters. The van der Waals surface area contributed by atoms with E-state index in [0.717, 1.165) is 18.8 Å². The van der Waals surface area contributed by atoms with E-state index in [4.69, 9.17) is 4.74 Å². The Balaban J connectivity index is 1.83. The van der Waals surface area contributed by atoms with Gasteiger partial charge < -0.3 is 15.0 Å². The fourth-order valence-electron chi connectivity index (χ4n) is 3.05. The van der Waals surface area contributed by atoms with E-state index in [0.29, 0.717) is 5.56 Å². The van der Waals surface area contributed by atoms with Crippen LogP contribution in [0.5, 0.6) is 0 Å². The number of hydrogen-bond donors (Lipinski definition) is 1. The number of ether oxygens (including phenoxy) is 1. The maximum atomic E-state index is 11.5. The molecular weight excluding hydrogens is 288 g/mol. The van der Waals surface area contributed by atoms with Crippen LogP contribution in [-0.4, -0.2) is 25.2 Å². The van der Waals surface area contributed by atoms with Gasteiger partial charge in [0.15, 0.2) is 0 Å². The summed E-state index contributed by atoms with van der Waals surface area (Å²) in [4.78, 5) is 13.9. The second-order valence-corrected chi connectivity index (χ2v) is 6.57. The summed E-state index contributed by atoms with van der Waals surface area (Å²) in [5, 5.41) is 3.58. The molecule has 4 nitrogen and oxygen atoms in total. The van der Waals surface area contributed by atoms with Crippen LogP contribution in [0.15, 0.2) is 48.5 Å². The number of nitrogens with zero attached hydrogens (tertiary/aromatic N) is 1. The molecule has 2 aromatic rings. The third-order valence-corrected chi connectivity index (χ3v) is 4.05. The Kier molecular flexibility index (Phi) is 3.99. The van der Waals surface area contributed by atoms with Crippen LogP contribution >= 0.6 is 0 Å². The summed E-state index contributed by atoms with van der Waals surface area (Å²) in [5.41, 5.74) is 4.14. The Morgan fingerprint density at radius 1 is 1.17 bits per heavy atom. The molecule has 0 fully saturated rings. The maximum absolute atomic E-state index is 11.5. The van der Waals surface area contributed by atoms with Crippen molar-refractivity contribution in [3.63, 3.8) is 0 Å². The van der Waals surface area contributed by atoms with Crippen molar-refractivity contribution < 1.29 is 9.53 Å². The quantitative estimate of drug-likeness (QED) is 0.878. The second-order valence-electron chi connectivity index (χ2n) is 6.57. The highest BCUT2D eigenvalue weighted by atomic mass is 16.5. The summed E-state index contributed by atoms with van der Waals surface area (Å²) < 4.78 is 4.74. The number of esters is 1. The third kappa shape index (κ3) is 3.31. The van der Waals surface area contributed by atoms with E-state index < -0.39 is 0 Å². The van der Waals surface area contributed by atoms with Crippen molar-refractivity contribution >= 4 is 17.3 Å². The predicted molar refractivity (Wildman–Crippen MR) is 93.0 cm³/mol. The molecule has 0 saturated carbocycles. The third-order valence-electron chi connectivity index (χ3n) is 4.05. The summed E-state index contributed by atoms with van der Waals surface area (Å²) in [7, 11) is 1.40. The van der Waals surface area contributed by atoms with Gasteiger partial charge in [-0.05, 0) is 43.7 Å². The smallest absolute Gasteiger partial charge is 0.337 e. The zero-order valence-corrected chi connectivity index (χ0v) is 13.8. The molecule has 1 heterocycles. The van der Waals surface area contributed by atoms with Gasteiger partial charge in [-0.1, -0.05) is 24.3 Å². The van der Waals surface area contributed by atoms with Gasteiger partial charge in [-0.3, -0.25) is 0 Å². The topological polar surface area (TPSA) is 41.6 Å². The summed E-state index contributed by atoms with van der Waals surface area (Å²) in [6.07, 6.45) is 0. The molecule has 23 heavy (non-hydrogen) atoms. The van der Waals surface area contributed by atoms with Gasteiger partial charge in [-0.25, -0.2) is 4.79 Å². The Morgan fingerprint density at radius 3 is 2.57 bits per heavy atom. The molecule has 0 aromatic heterocycles. The minimum atomic E-state index is -0.301. The first kappa shape index (κ1) is 15.4. The van der Waals surface area contributed by atoms with Crippen LogP contribution in [0.3, 0.4) is 0 Å². The molecule has 1 aliphatic rings. The fourth-order valence-corrected chi connectivity index (χ4v) is 3.05. The number of rotatable bonds is 3. The summed E-state index contributed by atoms with van der Waals surface area (Å²) in [5.74, 6) is -0.301. The highest BCUT2D eigenvalue weighted by Crippen LogP contribution is 2.35. The number of benzene rings is 2. The number of fused-ring (bicyclic) bond motifs is 1. The SMILES string of the molecule is COC(=O)c1ccc(CN2CC(C)(C)Nc3ccccc32)cc1. The number of para-hydroxylation sites is 2. The molecule has 0 saturated heterocycles. The highest BCUT2D eigenvalue weighted by Gasteiger charge is 2.29. The Labute approximate surface area is 137 Å². The first-order valence-corrected chi connectivity index (χ1v) is 7.78. The average molecular weight is 310 g/mol. The first-order chi connectivity index (χ1) is 11.0. The summed E-state index contributed by atoms with van der Waals surface area (Å²) in [6, 6.07) is 16.0. The van der Waals surface area contributed by atoms with Crippen LogP contribution in [0, 0.1) is 0 Å². The molecular formula is C19H22N2O2. The second kappa shape index (κ2) is 5.95. The van der Waals surface area contributed by atoms with Crippen LogP contribution in [-0.2, 0) is 11.3 Å². The van der Waals surface area contributed by atoms with Gasteiger partial charge in [0.05, 0.1) is 24.0 Å². The average Bonchev–Trinajstić information content (AvgIpc) is 2.54. The molecule has 1 aliphatic heterocycles. The van der Waals surface area contributed by atoms with Crippen molar-refractivity contribution in [2.75, 3.05) is 23.9 Å². The van der Waals surface area contributed by atoms with Crippen molar-refractivity contribution in [3.8, 4) is 0 Å². The molecule has 0 bridgehead atoms. The molecule has 4 heteroatoms. The Hall–Kier alpha value is -2.49. The summed E-state index contributed by atoms with van der Waals surface area (Å²) >= 11 is 0. The van der Waals surface area contributed by atoms with Gasteiger partial charge in [-0.2, -0.15) is 0 Å². The van der Waals surface area contributed by atoms with Gasteiger partial charge in [0.1, 0.15) is 0 Å². The van der Waals surface area contributed by atoms with Crippen molar-refractivity contribution in [2.45, 2.75) is 25.9 Å². The van der Waals surface area contributed by atoms with Crippen molar-refractivity contribution in [3.05, 3.63) is 59.7 Å². The molecule has 1 N–H and O–H groups in total. The van der Waals surface area contributed by atoms with Crippen LogP contribution in [0.25, 0.3) is 0 Å². The number of methoxy groups -OCH3 is 1. The molecule has 2 aromatic carbocycles. The highest BCUT2D eigenvalue weighted by molar-refractivity contribution is 5.89. The molecule has 0 atom stereocenters. The van der Waals surface area contributed by atoms with Gasteiger partial charge in [-0.15, -0.1) is 0 Å². The van der Waals surface area contributed by atoms with E-state index in [2.05, 4.69) is 48.3 Å². The lowest BCUT2D eigenvalue weighted by Gasteiger charge is -2.42. The number of hydrogen-bond acceptors (Lipinski definition) is 4. The molecule has 120 valence electrons.